The van der Waals surface area contributed by atoms with Crippen LogP contribution in [-0.2, 0) is 4.79 Å². The molecule has 0 atom stereocenters. The van der Waals surface area contributed by atoms with Gasteiger partial charge in [-0.1, -0.05) is 5.16 Å². The fourth-order valence-electron chi connectivity index (χ4n) is 6.01. The molecular weight excluding hydrogens is 435 g/mol. The van der Waals surface area contributed by atoms with Crippen LogP contribution in [0.5, 0.6) is 0 Å². The van der Waals surface area contributed by atoms with Crippen LogP contribution in [-0.4, -0.2) is 66.4 Å². The molecule has 34 heavy (non-hydrogen) atoms. The first kappa shape index (κ1) is 23.5. The van der Waals surface area contributed by atoms with Crippen molar-refractivity contribution in [1.29, 1.82) is 0 Å². The molecule has 0 spiro atoms. The van der Waals surface area contributed by atoms with Crippen LogP contribution in [0.4, 0.5) is 10.2 Å². The van der Waals surface area contributed by atoms with Gasteiger partial charge in [-0.25, -0.2) is 4.39 Å². The van der Waals surface area contributed by atoms with Gasteiger partial charge in [-0.3, -0.25) is 9.69 Å². The number of piperazine rings is 1. The van der Waals surface area contributed by atoms with Gasteiger partial charge >= 0.3 is 0 Å². The average Bonchev–Trinajstić information content (AvgIpc) is 3.24. The van der Waals surface area contributed by atoms with Crippen molar-refractivity contribution in [3.8, 4) is 0 Å². The number of benzene rings is 1. The van der Waals surface area contributed by atoms with E-state index in [1.54, 1.807) is 6.07 Å². The van der Waals surface area contributed by atoms with Gasteiger partial charge < -0.3 is 19.8 Å². The third-order valence-corrected chi connectivity index (χ3v) is 8.22. The van der Waals surface area contributed by atoms with E-state index < -0.39 is 0 Å². The number of aliphatic hydroxyl groups is 1. The highest BCUT2D eigenvalue weighted by Gasteiger charge is 2.31. The number of anilines is 1. The molecule has 1 amide bonds. The Morgan fingerprint density at radius 3 is 2.59 bits per heavy atom. The summed E-state index contributed by atoms with van der Waals surface area (Å²) in [5.41, 5.74) is 0.629. The molecule has 0 radical (unpaired) electrons. The van der Waals surface area contributed by atoms with Crippen LogP contribution in [0.2, 0.25) is 0 Å². The Bertz CT molecular complexity index is 960. The molecule has 186 valence electrons. The van der Waals surface area contributed by atoms with E-state index in [0.717, 1.165) is 75.5 Å². The first-order chi connectivity index (χ1) is 16.6. The topological polar surface area (TPSA) is 81.8 Å². The lowest BCUT2D eigenvalue weighted by Crippen LogP contribution is -2.47. The molecule has 7 nitrogen and oxygen atoms in total. The van der Waals surface area contributed by atoms with Crippen LogP contribution in [0.25, 0.3) is 11.0 Å². The van der Waals surface area contributed by atoms with Crippen molar-refractivity contribution in [3.63, 3.8) is 0 Å². The summed E-state index contributed by atoms with van der Waals surface area (Å²) >= 11 is 0. The zero-order valence-corrected chi connectivity index (χ0v) is 19.9. The Morgan fingerprint density at radius 1 is 1.09 bits per heavy atom. The molecule has 1 aromatic heterocycles. The lowest BCUT2D eigenvalue weighted by Gasteiger charge is -2.36. The minimum absolute atomic E-state index is 0.199. The number of halogens is 1. The van der Waals surface area contributed by atoms with E-state index in [9.17, 15) is 9.18 Å². The summed E-state index contributed by atoms with van der Waals surface area (Å²) in [6.45, 7) is 5.07. The van der Waals surface area contributed by atoms with E-state index >= 15 is 0 Å². The molecule has 1 aromatic carbocycles. The molecule has 0 unspecified atom stereocenters. The van der Waals surface area contributed by atoms with Gasteiger partial charge in [-0.05, 0) is 87.4 Å². The van der Waals surface area contributed by atoms with Crippen molar-refractivity contribution in [1.82, 2.24) is 15.4 Å². The number of hydrogen-bond donors (Lipinski definition) is 2. The maximum atomic E-state index is 13.7. The summed E-state index contributed by atoms with van der Waals surface area (Å²) in [4.78, 5) is 17.0. The zero-order valence-electron chi connectivity index (χ0n) is 19.9. The van der Waals surface area contributed by atoms with Gasteiger partial charge in [0.25, 0.3) is 0 Å². The molecule has 3 fully saturated rings. The van der Waals surface area contributed by atoms with Crippen LogP contribution >= 0.6 is 0 Å². The molecule has 2 aromatic rings. The zero-order chi connectivity index (χ0) is 23.5. The van der Waals surface area contributed by atoms with Crippen molar-refractivity contribution < 1.29 is 18.8 Å². The van der Waals surface area contributed by atoms with Crippen LogP contribution in [0, 0.1) is 23.6 Å². The molecule has 1 aliphatic heterocycles. The van der Waals surface area contributed by atoms with Crippen molar-refractivity contribution in [3.05, 3.63) is 24.0 Å². The van der Waals surface area contributed by atoms with E-state index in [1.165, 1.54) is 31.4 Å². The molecule has 2 saturated carbocycles. The van der Waals surface area contributed by atoms with E-state index in [0.29, 0.717) is 29.9 Å². The quantitative estimate of drug-likeness (QED) is 0.611. The maximum Gasteiger partial charge on any atom is 0.220 e. The molecule has 0 bridgehead atoms. The Morgan fingerprint density at radius 2 is 1.85 bits per heavy atom. The second-order valence-corrected chi connectivity index (χ2v) is 10.6. The van der Waals surface area contributed by atoms with E-state index in [2.05, 4.69) is 20.3 Å². The summed E-state index contributed by atoms with van der Waals surface area (Å²) in [6, 6.07) is 4.88. The molecule has 3 aliphatic rings. The van der Waals surface area contributed by atoms with E-state index in [1.807, 2.05) is 0 Å². The summed E-state index contributed by atoms with van der Waals surface area (Å²) in [6.07, 6.45) is 8.39. The maximum absolute atomic E-state index is 13.7. The van der Waals surface area contributed by atoms with Crippen molar-refractivity contribution in [2.75, 3.05) is 44.2 Å². The second kappa shape index (κ2) is 10.6. The Labute approximate surface area is 200 Å². The summed E-state index contributed by atoms with van der Waals surface area (Å²) in [7, 11) is 0. The molecule has 1 saturated heterocycles. The number of fused-ring (bicyclic) bond motifs is 1. The minimum atomic E-state index is -0.264. The first-order valence-electron chi connectivity index (χ1n) is 13.0. The van der Waals surface area contributed by atoms with E-state index in [-0.39, 0.29) is 18.3 Å². The average molecular weight is 473 g/mol. The number of hydrogen-bond acceptors (Lipinski definition) is 6. The monoisotopic (exact) mass is 472 g/mol. The van der Waals surface area contributed by atoms with Gasteiger partial charge in [0.2, 0.25) is 5.91 Å². The Hall–Kier alpha value is -2.19. The highest BCUT2D eigenvalue weighted by Crippen LogP contribution is 2.36. The molecule has 8 heteroatoms. The highest BCUT2D eigenvalue weighted by atomic mass is 19.1. The number of aliphatic hydroxyl groups excluding tert-OH is 1. The van der Waals surface area contributed by atoms with Crippen LogP contribution < -0.4 is 10.2 Å². The molecule has 2 aliphatic carbocycles. The van der Waals surface area contributed by atoms with Gasteiger partial charge in [0, 0.05) is 45.2 Å². The first-order valence-corrected chi connectivity index (χ1v) is 13.0. The fraction of sp³-hybridized carbons (Fsp3) is 0.692. The predicted molar refractivity (Wildman–Crippen MR) is 129 cm³/mol. The molecule has 2 heterocycles. The van der Waals surface area contributed by atoms with Crippen LogP contribution in [0.15, 0.2) is 22.7 Å². The van der Waals surface area contributed by atoms with Crippen molar-refractivity contribution in [2.24, 2.45) is 17.8 Å². The van der Waals surface area contributed by atoms with Crippen LogP contribution in [0.3, 0.4) is 0 Å². The van der Waals surface area contributed by atoms with Gasteiger partial charge in [-0.2, -0.15) is 0 Å². The summed E-state index contributed by atoms with van der Waals surface area (Å²) in [5.74, 6) is 2.32. The number of carbonyl (C=O) groups is 1. The number of aromatic nitrogens is 1. The largest absolute Gasteiger partial charge is 0.396 e. The number of carbonyl (C=O) groups excluding carboxylic acids is 1. The number of amides is 1. The molecule has 2 N–H and O–H groups in total. The number of rotatable bonds is 8. The standard InChI is InChI=1S/C26H37FN4O3/c27-21-3-6-24-23(16-21)26(29-34-24)31-11-9-30(10-12-31)8-7-18-1-4-22(5-2-18)28-25(33)15-19-13-20(14-19)17-32/h3,6,16,18-20,22,32H,1-2,4-5,7-15,17H2,(H,28,33)/t18-,19?,20?,22-. The van der Waals surface area contributed by atoms with Gasteiger partial charge in [0.15, 0.2) is 11.4 Å². The third-order valence-electron chi connectivity index (χ3n) is 8.22. The van der Waals surface area contributed by atoms with Gasteiger partial charge in [-0.15, -0.1) is 0 Å². The normalized spacial score (nSPS) is 28.1. The SMILES string of the molecule is O=C(CC1CC(CO)C1)N[C@H]1CC[C@H](CCN2CCN(c3noc4ccc(F)cc34)CC2)CC1. The van der Waals surface area contributed by atoms with Gasteiger partial charge in [0.05, 0.1) is 5.39 Å². The second-order valence-electron chi connectivity index (χ2n) is 10.6. The molecule has 5 rings (SSSR count). The van der Waals surface area contributed by atoms with Gasteiger partial charge in [0.1, 0.15) is 5.82 Å². The van der Waals surface area contributed by atoms with Crippen molar-refractivity contribution >= 4 is 22.7 Å². The Balaban J connectivity index is 0.986. The Kier molecular flexibility index (Phi) is 7.34. The van der Waals surface area contributed by atoms with E-state index in [4.69, 9.17) is 9.63 Å². The van der Waals surface area contributed by atoms with Crippen molar-refractivity contribution in [2.45, 2.75) is 57.4 Å². The lowest BCUT2D eigenvalue weighted by atomic mass is 9.73. The minimum Gasteiger partial charge on any atom is -0.396 e. The predicted octanol–water partition coefficient (Wildman–Crippen LogP) is 3.56. The molecular formula is C26H37FN4O3. The number of nitrogens with zero attached hydrogens (tertiary/aromatic N) is 3. The smallest absolute Gasteiger partial charge is 0.220 e. The van der Waals surface area contributed by atoms with Crippen LogP contribution in [0.1, 0.15) is 51.4 Å². The third kappa shape index (κ3) is 5.54. The summed E-state index contributed by atoms with van der Waals surface area (Å²) < 4.78 is 19.0. The number of nitrogens with one attached hydrogen (secondary N) is 1. The lowest BCUT2D eigenvalue weighted by molar-refractivity contribution is -0.124. The summed E-state index contributed by atoms with van der Waals surface area (Å²) in [5, 5.41) is 17.3. The highest BCUT2D eigenvalue weighted by molar-refractivity contribution is 5.88. The fourth-order valence-corrected chi connectivity index (χ4v) is 6.01.